The Bertz CT molecular complexity index is 313. The van der Waals surface area contributed by atoms with Crippen LogP contribution in [0.25, 0.3) is 0 Å². The summed E-state index contributed by atoms with van der Waals surface area (Å²) in [5.41, 5.74) is 2.24. The van der Waals surface area contributed by atoms with Crippen LogP contribution in [0.4, 0.5) is 0 Å². The third-order valence-electron chi connectivity index (χ3n) is 3.14. The fraction of sp³-hybridized carbons (Fsp3) is 0.714. The van der Waals surface area contributed by atoms with Crippen molar-refractivity contribution in [2.75, 3.05) is 13.2 Å². The maximum atomic E-state index is 9.27. The number of allylic oxidation sites excluding steroid dienone is 2. The number of hydrogen-bond acceptors (Lipinski definition) is 3. The molecule has 1 aliphatic rings. The predicted octanol–water partition coefficient (Wildman–Crippen LogP) is 2.58. The SMILES string of the molecule is C[C@H](CC(C)(C)S)C1=CC(CO)CC(CO)=C1. The summed E-state index contributed by atoms with van der Waals surface area (Å²) in [7, 11) is 0. The van der Waals surface area contributed by atoms with E-state index < -0.39 is 0 Å². The van der Waals surface area contributed by atoms with Gasteiger partial charge >= 0.3 is 0 Å². The van der Waals surface area contributed by atoms with Gasteiger partial charge in [0.15, 0.2) is 0 Å². The number of aliphatic hydroxyl groups excluding tert-OH is 2. The fourth-order valence-corrected chi connectivity index (χ4v) is 2.69. The van der Waals surface area contributed by atoms with Crippen LogP contribution < -0.4 is 0 Å². The lowest BCUT2D eigenvalue weighted by molar-refractivity contribution is 0.243. The molecule has 2 N–H and O–H groups in total. The molecule has 0 aromatic rings. The van der Waals surface area contributed by atoms with Crippen molar-refractivity contribution in [2.24, 2.45) is 11.8 Å². The number of hydrogen-bond donors (Lipinski definition) is 3. The second kappa shape index (κ2) is 6.07. The molecule has 17 heavy (non-hydrogen) atoms. The van der Waals surface area contributed by atoms with Crippen molar-refractivity contribution in [1.82, 2.24) is 0 Å². The van der Waals surface area contributed by atoms with E-state index in [4.69, 9.17) is 0 Å². The third kappa shape index (κ3) is 4.86. The van der Waals surface area contributed by atoms with E-state index in [0.717, 1.165) is 18.4 Å². The van der Waals surface area contributed by atoms with Gasteiger partial charge in [-0.2, -0.15) is 12.6 Å². The molecule has 0 fully saturated rings. The van der Waals surface area contributed by atoms with Gasteiger partial charge in [0.25, 0.3) is 0 Å². The average Bonchev–Trinajstić information content (AvgIpc) is 2.26. The van der Waals surface area contributed by atoms with Crippen LogP contribution in [-0.2, 0) is 0 Å². The largest absolute Gasteiger partial charge is 0.396 e. The molecule has 0 amide bonds. The Hall–Kier alpha value is -0.250. The Balaban J connectivity index is 2.79. The zero-order chi connectivity index (χ0) is 13.1. The lowest BCUT2D eigenvalue weighted by atomic mass is 9.83. The molecule has 2 atom stereocenters. The first-order valence-corrected chi connectivity index (χ1v) is 6.65. The summed E-state index contributed by atoms with van der Waals surface area (Å²) < 4.78 is -0.000364. The molecule has 1 unspecified atom stereocenters. The fourth-order valence-electron chi connectivity index (χ4n) is 2.41. The number of rotatable bonds is 5. The van der Waals surface area contributed by atoms with E-state index in [-0.39, 0.29) is 23.9 Å². The van der Waals surface area contributed by atoms with E-state index >= 15 is 0 Å². The number of thiol groups is 1. The normalized spacial score (nSPS) is 23.1. The molecule has 0 saturated heterocycles. The second-order valence-corrected chi connectivity index (χ2v) is 6.90. The monoisotopic (exact) mass is 256 g/mol. The average molecular weight is 256 g/mol. The summed E-state index contributed by atoms with van der Waals surface area (Å²) >= 11 is 4.56. The van der Waals surface area contributed by atoms with Gasteiger partial charge in [-0.15, -0.1) is 0 Å². The summed E-state index contributed by atoms with van der Waals surface area (Å²) in [6, 6.07) is 0. The summed E-state index contributed by atoms with van der Waals surface area (Å²) in [5, 5.41) is 18.5. The third-order valence-corrected chi connectivity index (χ3v) is 3.32. The Morgan fingerprint density at radius 1 is 1.47 bits per heavy atom. The molecule has 0 radical (unpaired) electrons. The Kier molecular flexibility index (Phi) is 5.29. The van der Waals surface area contributed by atoms with Crippen LogP contribution in [0.5, 0.6) is 0 Å². The van der Waals surface area contributed by atoms with E-state index in [1.54, 1.807) is 0 Å². The van der Waals surface area contributed by atoms with Crippen molar-refractivity contribution in [3.8, 4) is 0 Å². The molecule has 0 aliphatic heterocycles. The highest BCUT2D eigenvalue weighted by Crippen LogP contribution is 2.32. The minimum Gasteiger partial charge on any atom is -0.396 e. The van der Waals surface area contributed by atoms with Crippen molar-refractivity contribution in [3.63, 3.8) is 0 Å². The lowest BCUT2D eigenvalue weighted by Crippen LogP contribution is -2.19. The van der Waals surface area contributed by atoms with Crippen LogP contribution in [0, 0.1) is 11.8 Å². The highest BCUT2D eigenvalue weighted by Gasteiger charge is 2.22. The Labute approximate surface area is 110 Å². The van der Waals surface area contributed by atoms with Gasteiger partial charge in [0.2, 0.25) is 0 Å². The van der Waals surface area contributed by atoms with Gasteiger partial charge in [-0.25, -0.2) is 0 Å². The zero-order valence-corrected chi connectivity index (χ0v) is 11.9. The van der Waals surface area contributed by atoms with Crippen LogP contribution in [0.1, 0.15) is 33.6 Å². The van der Waals surface area contributed by atoms with Gasteiger partial charge in [-0.05, 0) is 29.9 Å². The molecule has 0 bridgehead atoms. The smallest absolute Gasteiger partial charge is 0.0645 e. The van der Waals surface area contributed by atoms with Crippen molar-refractivity contribution < 1.29 is 10.2 Å². The molecule has 1 rings (SSSR count). The molecule has 0 spiro atoms. The van der Waals surface area contributed by atoms with E-state index in [0.29, 0.717) is 5.92 Å². The van der Waals surface area contributed by atoms with Gasteiger partial charge in [0, 0.05) is 17.3 Å². The molecule has 2 nitrogen and oxygen atoms in total. The molecular weight excluding hydrogens is 232 g/mol. The second-order valence-electron chi connectivity index (χ2n) is 5.69. The maximum Gasteiger partial charge on any atom is 0.0645 e. The van der Waals surface area contributed by atoms with E-state index in [1.807, 2.05) is 0 Å². The van der Waals surface area contributed by atoms with Crippen molar-refractivity contribution in [1.29, 1.82) is 0 Å². The summed E-state index contributed by atoms with van der Waals surface area (Å²) in [6.07, 6.45) is 5.97. The van der Waals surface area contributed by atoms with E-state index in [9.17, 15) is 10.2 Å². The highest BCUT2D eigenvalue weighted by molar-refractivity contribution is 7.81. The molecule has 0 heterocycles. The first-order chi connectivity index (χ1) is 7.85. The van der Waals surface area contributed by atoms with Crippen molar-refractivity contribution in [2.45, 2.75) is 38.4 Å². The predicted molar refractivity (Wildman–Crippen MR) is 75.3 cm³/mol. The summed E-state index contributed by atoms with van der Waals surface area (Å²) in [5.74, 6) is 0.557. The maximum absolute atomic E-state index is 9.27. The lowest BCUT2D eigenvalue weighted by Gasteiger charge is -2.27. The number of aliphatic hydroxyl groups is 2. The zero-order valence-electron chi connectivity index (χ0n) is 11.0. The minimum atomic E-state index is -0.000364. The van der Waals surface area contributed by atoms with Crippen molar-refractivity contribution in [3.05, 3.63) is 23.3 Å². The van der Waals surface area contributed by atoms with Gasteiger partial charge < -0.3 is 10.2 Å². The highest BCUT2D eigenvalue weighted by atomic mass is 32.1. The standard InChI is InChI=1S/C14H24O2S/c1-10(7-14(2,3)17)13-5-11(8-15)4-12(6-13)9-16/h5-6,10-11,15-17H,4,7-9H2,1-3H3/t10-,11?/m1/s1. The van der Waals surface area contributed by atoms with Crippen LogP contribution in [0.2, 0.25) is 0 Å². The molecule has 3 heteroatoms. The quantitative estimate of drug-likeness (QED) is 0.662. The van der Waals surface area contributed by atoms with Crippen LogP contribution in [0.3, 0.4) is 0 Å². The first kappa shape index (κ1) is 14.8. The first-order valence-electron chi connectivity index (χ1n) is 6.21. The Morgan fingerprint density at radius 2 is 2.12 bits per heavy atom. The van der Waals surface area contributed by atoms with Crippen LogP contribution in [-0.4, -0.2) is 28.2 Å². The molecule has 1 aliphatic carbocycles. The van der Waals surface area contributed by atoms with E-state index in [1.165, 1.54) is 5.57 Å². The van der Waals surface area contributed by atoms with E-state index in [2.05, 4.69) is 45.6 Å². The topological polar surface area (TPSA) is 40.5 Å². The van der Waals surface area contributed by atoms with Crippen LogP contribution >= 0.6 is 12.6 Å². The molecule has 0 aromatic heterocycles. The molecule has 0 aromatic carbocycles. The summed E-state index contributed by atoms with van der Waals surface area (Å²) in [4.78, 5) is 0. The van der Waals surface area contributed by atoms with Crippen molar-refractivity contribution >= 4 is 12.6 Å². The Morgan fingerprint density at radius 3 is 2.59 bits per heavy atom. The summed E-state index contributed by atoms with van der Waals surface area (Å²) in [6.45, 7) is 6.63. The minimum absolute atomic E-state index is 0.000364. The molecule has 0 saturated carbocycles. The van der Waals surface area contributed by atoms with Gasteiger partial charge in [0.05, 0.1) is 6.61 Å². The molecular formula is C14H24O2S. The van der Waals surface area contributed by atoms with Gasteiger partial charge in [0.1, 0.15) is 0 Å². The van der Waals surface area contributed by atoms with Gasteiger partial charge in [-0.3, -0.25) is 0 Å². The van der Waals surface area contributed by atoms with Gasteiger partial charge in [-0.1, -0.05) is 32.9 Å². The molecule has 98 valence electrons. The van der Waals surface area contributed by atoms with Crippen LogP contribution in [0.15, 0.2) is 23.3 Å².